The zero-order valence-electron chi connectivity index (χ0n) is 12.9. The fourth-order valence-corrected chi connectivity index (χ4v) is 1.99. The van der Waals surface area contributed by atoms with Crippen molar-refractivity contribution in [3.05, 3.63) is 45.9 Å². The number of rotatable bonds is 4. The van der Waals surface area contributed by atoms with E-state index in [9.17, 15) is 4.79 Å². The molecule has 7 nitrogen and oxygen atoms in total. The second kappa shape index (κ2) is 7.50. The monoisotopic (exact) mass is 332 g/mol. The number of hydrogen-bond acceptors (Lipinski definition) is 5. The van der Waals surface area contributed by atoms with Crippen LogP contribution in [0, 0.1) is 6.92 Å². The third kappa shape index (κ3) is 4.62. The zero-order chi connectivity index (χ0) is 16.8. The Labute approximate surface area is 138 Å². The van der Waals surface area contributed by atoms with Crippen molar-refractivity contribution in [2.45, 2.75) is 6.92 Å². The quantitative estimate of drug-likeness (QED) is 0.657. The summed E-state index contributed by atoms with van der Waals surface area (Å²) in [6.45, 7) is 1.72. The third-order valence-corrected chi connectivity index (χ3v) is 3.04. The average Bonchev–Trinajstić information content (AvgIpc) is 2.51. The van der Waals surface area contributed by atoms with E-state index < -0.39 is 0 Å². The van der Waals surface area contributed by atoms with E-state index in [0.717, 1.165) is 5.56 Å². The van der Waals surface area contributed by atoms with E-state index >= 15 is 0 Å². The van der Waals surface area contributed by atoms with E-state index in [4.69, 9.17) is 21.7 Å². The van der Waals surface area contributed by atoms with Gasteiger partial charge < -0.3 is 14.8 Å². The van der Waals surface area contributed by atoms with Crippen LogP contribution in [0.1, 0.15) is 11.3 Å². The lowest BCUT2D eigenvalue weighted by Crippen LogP contribution is -2.15. The molecule has 0 aliphatic carbocycles. The van der Waals surface area contributed by atoms with Crippen LogP contribution in [-0.4, -0.2) is 35.5 Å². The number of methoxy groups -OCH3 is 2. The van der Waals surface area contributed by atoms with Gasteiger partial charge in [-0.05, 0) is 42.9 Å². The molecule has 1 heterocycles. The number of H-pyrrole nitrogens is 1. The van der Waals surface area contributed by atoms with E-state index in [0.29, 0.717) is 17.2 Å². The van der Waals surface area contributed by atoms with Gasteiger partial charge >= 0.3 is 0 Å². The lowest BCUT2D eigenvalue weighted by Gasteiger charge is -2.07. The number of aryl methyl sites for hydroxylation is 1. The molecule has 0 bridgehead atoms. The molecular formula is C15H16N4O3S. The topological polar surface area (TPSA) is 88.6 Å². The van der Waals surface area contributed by atoms with E-state index in [-0.39, 0.29) is 16.6 Å². The Morgan fingerprint density at radius 2 is 2.04 bits per heavy atom. The third-order valence-electron chi connectivity index (χ3n) is 2.83. The van der Waals surface area contributed by atoms with Gasteiger partial charge in [0.15, 0.2) is 16.6 Å². The lowest BCUT2D eigenvalue weighted by atomic mass is 10.2. The van der Waals surface area contributed by atoms with Crippen LogP contribution in [0.3, 0.4) is 0 Å². The number of anilines is 1. The van der Waals surface area contributed by atoms with Crippen molar-refractivity contribution >= 4 is 29.5 Å². The molecule has 0 saturated carbocycles. The lowest BCUT2D eigenvalue weighted by molar-refractivity contribution is 0.355. The van der Waals surface area contributed by atoms with Crippen LogP contribution in [0.5, 0.6) is 11.5 Å². The number of ether oxygens (including phenoxy) is 2. The van der Waals surface area contributed by atoms with Crippen molar-refractivity contribution in [2.24, 2.45) is 4.99 Å². The summed E-state index contributed by atoms with van der Waals surface area (Å²) >= 11 is 5.10. The molecular weight excluding hydrogens is 316 g/mol. The van der Waals surface area contributed by atoms with Gasteiger partial charge in [0.2, 0.25) is 5.95 Å². The number of aromatic amines is 1. The second-order valence-electron chi connectivity index (χ2n) is 4.54. The first-order valence-electron chi connectivity index (χ1n) is 6.67. The molecule has 0 aliphatic rings. The summed E-state index contributed by atoms with van der Waals surface area (Å²) in [6.07, 6.45) is 1.57. The van der Waals surface area contributed by atoms with Crippen LogP contribution in [-0.2, 0) is 0 Å². The molecule has 8 heteroatoms. The summed E-state index contributed by atoms with van der Waals surface area (Å²) in [5.74, 6) is 1.48. The van der Waals surface area contributed by atoms with E-state index in [1.165, 1.54) is 6.07 Å². The second-order valence-corrected chi connectivity index (χ2v) is 4.92. The number of aliphatic imine (C=N–C) groups is 1. The standard InChI is InChI=1S/C15H16N4O3S/c1-9-6-13(20)18-14(17-9)19-15(23)16-8-10-4-5-11(21-2)12(7-10)22-3/h4-8H,1-3H3,(H2,17,18,19,20,23)/b16-8+. The molecule has 0 saturated heterocycles. The molecule has 0 radical (unpaired) electrons. The highest BCUT2D eigenvalue weighted by Gasteiger charge is 2.04. The summed E-state index contributed by atoms with van der Waals surface area (Å²) in [6, 6.07) is 6.76. The Morgan fingerprint density at radius 1 is 1.30 bits per heavy atom. The van der Waals surface area contributed by atoms with Gasteiger partial charge in [-0.15, -0.1) is 0 Å². The highest BCUT2D eigenvalue weighted by molar-refractivity contribution is 7.80. The van der Waals surface area contributed by atoms with Crippen molar-refractivity contribution in [3.8, 4) is 11.5 Å². The largest absolute Gasteiger partial charge is 0.493 e. The predicted octanol–water partition coefficient (Wildman–Crippen LogP) is 1.91. The first kappa shape index (κ1) is 16.6. The summed E-state index contributed by atoms with van der Waals surface area (Å²) in [4.78, 5) is 22.1. The number of aromatic nitrogens is 2. The SMILES string of the molecule is COc1ccc(/C=N/C(=S)Nc2nc(C)cc(=O)[nH]2)cc1OC. The number of benzene rings is 1. The molecule has 120 valence electrons. The van der Waals surface area contributed by atoms with Crippen LogP contribution in [0.25, 0.3) is 0 Å². The van der Waals surface area contributed by atoms with Crippen LogP contribution < -0.4 is 20.3 Å². The molecule has 2 N–H and O–H groups in total. The van der Waals surface area contributed by atoms with Gasteiger partial charge in [-0.25, -0.2) is 9.98 Å². The van der Waals surface area contributed by atoms with Gasteiger partial charge in [-0.1, -0.05) is 0 Å². The van der Waals surface area contributed by atoms with Crippen LogP contribution in [0.4, 0.5) is 5.95 Å². The maximum atomic E-state index is 11.4. The molecule has 0 aliphatic heterocycles. The highest BCUT2D eigenvalue weighted by atomic mass is 32.1. The minimum absolute atomic E-state index is 0.175. The number of thiocarbonyl (C=S) groups is 1. The minimum atomic E-state index is -0.258. The molecule has 0 unspecified atom stereocenters. The smallest absolute Gasteiger partial charge is 0.252 e. The summed E-state index contributed by atoms with van der Waals surface area (Å²) in [7, 11) is 3.13. The molecule has 0 spiro atoms. The van der Waals surface area contributed by atoms with Crippen molar-refractivity contribution in [1.29, 1.82) is 0 Å². The fraction of sp³-hybridized carbons (Fsp3) is 0.200. The van der Waals surface area contributed by atoms with Gasteiger partial charge in [0.1, 0.15) is 0 Å². The fourth-order valence-electron chi connectivity index (χ4n) is 1.84. The normalized spacial score (nSPS) is 10.6. The summed E-state index contributed by atoms with van der Waals surface area (Å²) in [5, 5.41) is 2.93. The van der Waals surface area contributed by atoms with Crippen molar-refractivity contribution < 1.29 is 9.47 Å². The molecule has 2 aromatic rings. The molecule has 0 atom stereocenters. The van der Waals surface area contributed by atoms with E-state index in [1.54, 1.807) is 39.5 Å². The minimum Gasteiger partial charge on any atom is -0.493 e. The van der Waals surface area contributed by atoms with Crippen LogP contribution >= 0.6 is 12.2 Å². The van der Waals surface area contributed by atoms with Crippen molar-refractivity contribution in [1.82, 2.24) is 9.97 Å². The van der Waals surface area contributed by atoms with Crippen LogP contribution in [0.2, 0.25) is 0 Å². The maximum absolute atomic E-state index is 11.4. The van der Waals surface area contributed by atoms with Crippen molar-refractivity contribution in [3.63, 3.8) is 0 Å². The van der Waals surface area contributed by atoms with E-state index in [1.807, 2.05) is 6.07 Å². The Morgan fingerprint density at radius 3 is 2.70 bits per heavy atom. The molecule has 1 aromatic carbocycles. The number of hydrogen-bond donors (Lipinski definition) is 2. The summed E-state index contributed by atoms with van der Waals surface area (Å²) in [5.41, 5.74) is 1.12. The van der Waals surface area contributed by atoms with Gasteiger partial charge in [0, 0.05) is 18.0 Å². The molecule has 1 aromatic heterocycles. The highest BCUT2D eigenvalue weighted by Crippen LogP contribution is 2.26. The molecule has 2 rings (SSSR count). The van der Waals surface area contributed by atoms with Gasteiger partial charge in [-0.2, -0.15) is 0 Å². The first-order valence-corrected chi connectivity index (χ1v) is 7.07. The van der Waals surface area contributed by atoms with Crippen molar-refractivity contribution in [2.75, 3.05) is 19.5 Å². The zero-order valence-corrected chi connectivity index (χ0v) is 13.7. The Hall–Kier alpha value is -2.74. The Kier molecular flexibility index (Phi) is 5.42. The predicted molar refractivity (Wildman–Crippen MR) is 93.0 cm³/mol. The Balaban J connectivity index is 2.10. The van der Waals surface area contributed by atoms with E-state index in [2.05, 4.69) is 20.3 Å². The molecule has 23 heavy (non-hydrogen) atoms. The Bertz CT molecular complexity index is 802. The van der Waals surface area contributed by atoms with Gasteiger partial charge in [-0.3, -0.25) is 9.78 Å². The molecule has 0 amide bonds. The van der Waals surface area contributed by atoms with Gasteiger partial charge in [0.05, 0.1) is 14.2 Å². The number of nitrogens with zero attached hydrogens (tertiary/aromatic N) is 2. The summed E-state index contributed by atoms with van der Waals surface area (Å²) < 4.78 is 10.4. The molecule has 0 fully saturated rings. The average molecular weight is 332 g/mol. The van der Waals surface area contributed by atoms with Gasteiger partial charge in [0.25, 0.3) is 5.56 Å². The van der Waals surface area contributed by atoms with Crippen LogP contribution in [0.15, 0.2) is 34.1 Å². The number of nitrogens with one attached hydrogen (secondary N) is 2. The first-order chi connectivity index (χ1) is 11.0. The maximum Gasteiger partial charge on any atom is 0.252 e.